The molecular formula is C12H11BrN2O2. The van der Waals surface area contributed by atoms with Crippen LogP contribution in [0.4, 0.5) is 0 Å². The molecule has 88 valence electrons. The molecule has 1 aromatic rings. The minimum Gasteiger partial charge on any atom is -0.484 e. The lowest BCUT2D eigenvalue weighted by Gasteiger charge is -2.06. The molecule has 17 heavy (non-hydrogen) atoms. The minimum absolute atomic E-state index is 0.0633. The van der Waals surface area contributed by atoms with Crippen molar-refractivity contribution in [2.45, 2.75) is 0 Å². The molecule has 1 rings (SSSR count). The van der Waals surface area contributed by atoms with E-state index in [4.69, 9.17) is 10.00 Å². The van der Waals surface area contributed by atoms with E-state index in [9.17, 15) is 4.79 Å². The van der Waals surface area contributed by atoms with Crippen molar-refractivity contribution in [3.05, 3.63) is 40.9 Å². The summed E-state index contributed by atoms with van der Waals surface area (Å²) >= 11 is 3.13. The fraction of sp³-hybridized carbons (Fsp3) is 0.167. The van der Waals surface area contributed by atoms with Crippen LogP contribution in [0.25, 0.3) is 0 Å². The summed E-state index contributed by atoms with van der Waals surface area (Å²) < 4.78 is 5.93. The summed E-state index contributed by atoms with van der Waals surface area (Å²) in [5.74, 6) is 0.326. The normalized spacial score (nSPS) is 9.18. The van der Waals surface area contributed by atoms with Crippen molar-refractivity contribution in [1.29, 1.82) is 5.26 Å². The Bertz CT molecular complexity index is 449. The van der Waals surface area contributed by atoms with Gasteiger partial charge in [0.15, 0.2) is 6.61 Å². The van der Waals surface area contributed by atoms with Gasteiger partial charge in [-0.2, -0.15) is 5.26 Å². The summed E-state index contributed by atoms with van der Waals surface area (Å²) in [6.45, 7) is 3.90. The molecule has 0 spiro atoms. The van der Waals surface area contributed by atoms with Gasteiger partial charge in [-0.15, -0.1) is 0 Å². The lowest BCUT2D eigenvalue weighted by Crippen LogP contribution is -2.29. The van der Waals surface area contributed by atoms with Crippen LogP contribution in [0, 0.1) is 11.3 Å². The summed E-state index contributed by atoms with van der Waals surface area (Å²) in [5, 5.41) is 11.2. The zero-order valence-corrected chi connectivity index (χ0v) is 10.7. The number of amides is 1. The second-order valence-corrected chi connectivity index (χ2v) is 4.34. The van der Waals surface area contributed by atoms with Crippen molar-refractivity contribution < 1.29 is 9.53 Å². The van der Waals surface area contributed by atoms with Gasteiger partial charge in [-0.1, -0.05) is 22.5 Å². The molecule has 0 heterocycles. The average molecular weight is 295 g/mol. The number of hydrogen-bond acceptors (Lipinski definition) is 3. The lowest BCUT2D eigenvalue weighted by molar-refractivity contribution is -0.122. The molecule has 0 atom stereocenters. The molecule has 0 saturated heterocycles. The second-order valence-electron chi connectivity index (χ2n) is 3.22. The third kappa shape index (κ3) is 5.18. The van der Waals surface area contributed by atoms with Gasteiger partial charge in [0.25, 0.3) is 5.91 Å². The molecule has 1 aromatic carbocycles. The van der Waals surface area contributed by atoms with Crippen molar-refractivity contribution in [1.82, 2.24) is 5.32 Å². The first-order valence-electron chi connectivity index (χ1n) is 4.85. The van der Waals surface area contributed by atoms with E-state index in [2.05, 4.69) is 27.8 Å². The fourth-order valence-electron chi connectivity index (χ4n) is 1.02. The number of halogens is 1. The monoisotopic (exact) mass is 294 g/mol. The molecule has 0 unspecified atom stereocenters. The van der Waals surface area contributed by atoms with Crippen molar-refractivity contribution in [3.63, 3.8) is 0 Å². The maximum Gasteiger partial charge on any atom is 0.258 e. The van der Waals surface area contributed by atoms with Gasteiger partial charge >= 0.3 is 0 Å². The zero-order valence-electron chi connectivity index (χ0n) is 9.07. The highest BCUT2D eigenvalue weighted by molar-refractivity contribution is 9.11. The molecule has 0 aromatic heterocycles. The van der Waals surface area contributed by atoms with Crippen molar-refractivity contribution in [3.8, 4) is 11.8 Å². The Morgan fingerprint density at radius 3 is 2.65 bits per heavy atom. The van der Waals surface area contributed by atoms with E-state index in [1.165, 1.54) is 0 Å². The fourth-order valence-corrected chi connectivity index (χ4v) is 1.16. The molecule has 0 fully saturated rings. The molecule has 0 aliphatic heterocycles. The Hall–Kier alpha value is -1.80. The summed E-state index contributed by atoms with van der Waals surface area (Å²) in [5.41, 5.74) is 0.553. The van der Waals surface area contributed by atoms with E-state index >= 15 is 0 Å². The molecule has 0 radical (unpaired) electrons. The zero-order chi connectivity index (χ0) is 12.7. The third-order valence-electron chi connectivity index (χ3n) is 1.83. The summed E-state index contributed by atoms with van der Waals surface area (Å²) in [7, 11) is 0. The van der Waals surface area contributed by atoms with Crippen LogP contribution in [0.1, 0.15) is 5.56 Å². The maximum atomic E-state index is 11.3. The van der Waals surface area contributed by atoms with E-state index in [1.807, 2.05) is 6.07 Å². The standard InChI is InChI=1S/C12H11BrN2O2/c1-9(13)7-15-12(16)8-17-11-4-2-10(6-14)3-5-11/h2-5H,1,7-8H2,(H,15,16). The topological polar surface area (TPSA) is 62.1 Å². The first-order valence-corrected chi connectivity index (χ1v) is 5.64. The number of nitrogens with zero attached hydrogens (tertiary/aromatic N) is 1. The van der Waals surface area contributed by atoms with Crippen LogP contribution in [0.3, 0.4) is 0 Å². The SMILES string of the molecule is C=C(Br)CNC(=O)COc1ccc(C#N)cc1. The Morgan fingerprint density at radius 1 is 1.47 bits per heavy atom. The van der Waals surface area contributed by atoms with Crippen LogP contribution in [-0.2, 0) is 4.79 Å². The first kappa shape index (κ1) is 13.3. The first-order chi connectivity index (χ1) is 8.11. The average Bonchev–Trinajstić information content (AvgIpc) is 2.34. The third-order valence-corrected chi connectivity index (χ3v) is 2.11. The van der Waals surface area contributed by atoms with E-state index < -0.39 is 0 Å². The van der Waals surface area contributed by atoms with Crippen molar-refractivity contribution in [2.75, 3.05) is 13.2 Å². The van der Waals surface area contributed by atoms with E-state index in [-0.39, 0.29) is 12.5 Å². The van der Waals surface area contributed by atoms with E-state index in [0.29, 0.717) is 22.3 Å². The maximum absolute atomic E-state index is 11.3. The quantitative estimate of drug-likeness (QED) is 0.903. The van der Waals surface area contributed by atoms with Gasteiger partial charge in [0.05, 0.1) is 11.6 Å². The van der Waals surface area contributed by atoms with Crippen LogP contribution < -0.4 is 10.1 Å². The molecular weight excluding hydrogens is 284 g/mol. The van der Waals surface area contributed by atoms with E-state index in [1.54, 1.807) is 24.3 Å². The van der Waals surface area contributed by atoms with Crippen molar-refractivity contribution in [2.24, 2.45) is 0 Å². The van der Waals surface area contributed by atoms with Crippen LogP contribution in [0.15, 0.2) is 35.3 Å². The number of benzene rings is 1. The van der Waals surface area contributed by atoms with Crippen LogP contribution in [0.2, 0.25) is 0 Å². The number of ether oxygens (including phenoxy) is 1. The molecule has 1 N–H and O–H groups in total. The highest BCUT2D eigenvalue weighted by atomic mass is 79.9. The number of nitrogens with one attached hydrogen (secondary N) is 1. The van der Waals surface area contributed by atoms with Gasteiger partial charge in [-0.25, -0.2) is 0 Å². The molecule has 0 aliphatic rings. The molecule has 0 aliphatic carbocycles. The number of rotatable bonds is 5. The lowest BCUT2D eigenvalue weighted by atomic mass is 10.2. The molecule has 5 heteroatoms. The molecule has 0 bridgehead atoms. The highest BCUT2D eigenvalue weighted by Gasteiger charge is 2.02. The Kier molecular flexibility index (Phi) is 5.24. The number of hydrogen-bond donors (Lipinski definition) is 1. The highest BCUT2D eigenvalue weighted by Crippen LogP contribution is 2.11. The molecule has 0 saturated carbocycles. The Labute approximate surface area is 108 Å². The number of nitriles is 1. The van der Waals surface area contributed by atoms with Crippen LogP contribution in [-0.4, -0.2) is 19.1 Å². The minimum atomic E-state index is -0.227. The van der Waals surface area contributed by atoms with Crippen LogP contribution in [0.5, 0.6) is 5.75 Å². The van der Waals surface area contributed by atoms with E-state index in [0.717, 1.165) is 0 Å². The van der Waals surface area contributed by atoms with Gasteiger partial charge in [-0.3, -0.25) is 4.79 Å². The van der Waals surface area contributed by atoms with Crippen molar-refractivity contribution >= 4 is 21.8 Å². The largest absolute Gasteiger partial charge is 0.484 e. The van der Waals surface area contributed by atoms with Gasteiger partial charge < -0.3 is 10.1 Å². The molecule has 1 amide bonds. The smallest absolute Gasteiger partial charge is 0.258 e. The Balaban J connectivity index is 2.37. The molecule has 4 nitrogen and oxygen atoms in total. The van der Waals surface area contributed by atoms with Crippen LogP contribution >= 0.6 is 15.9 Å². The summed E-state index contributed by atoms with van der Waals surface area (Å²) in [6, 6.07) is 8.56. The number of carbonyl (C=O) groups is 1. The van der Waals surface area contributed by atoms with Gasteiger partial charge in [0.2, 0.25) is 0 Å². The second kappa shape index (κ2) is 6.71. The van der Waals surface area contributed by atoms with Gasteiger partial charge in [0, 0.05) is 11.0 Å². The predicted octanol–water partition coefficient (Wildman–Crippen LogP) is 1.96. The summed E-state index contributed by atoms with van der Waals surface area (Å²) in [4.78, 5) is 11.3. The Morgan fingerprint density at radius 2 is 2.12 bits per heavy atom. The predicted molar refractivity (Wildman–Crippen MR) is 67.7 cm³/mol. The van der Waals surface area contributed by atoms with Gasteiger partial charge in [-0.05, 0) is 24.3 Å². The van der Waals surface area contributed by atoms with Gasteiger partial charge in [0.1, 0.15) is 5.75 Å². The number of carbonyl (C=O) groups excluding carboxylic acids is 1. The summed E-state index contributed by atoms with van der Waals surface area (Å²) in [6.07, 6.45) is 0.